The van der Waals surface area contributed by atoms with E-state index in [9.17, 15) is 14.4 Å². The topological polar surface area (TPSA) is 75.7 Å². The molecule has 4 rings (SSSR count). The maximum absolute atomic E-state index is 15.4. The van der Waals surface area contributed by atoms with Gasteiger partial charge in [0.2, 0.25) is 5.91 Å². The monoisotopic (exact) mass is 472 g/mol. The van der Waals surface area contributed by atoms with Crippen molar-refractivity contribution in [2.24, 2.45) is 5.92 Å². The van der Waals surface area contributed by atoms with Crippen LogP contribution in [0.2, 0.25) is 5.02 Å². The molecule has 2 aliphatic rings. The smallest absolute Gasteiger partial charge is 0.411 e. The van der Waals surface area contributed by atoms with Gasteiger partial charge in [-0.15, -0.1) is 0 Å². The first-order valence-electron chi connectivity index (χ1n) is 10.9. The van der Waals surface area contributed by atoms with Crippen molar-refractivity contribution in [3.63, 3.8) is 0 Å². The van der Waals surface area contributed by atoms with Crippen LogP contribution in [0.15, 0.2) is 36.4 Å². The molecule has 1 saturated heterocycles. The van der Waals surface area contributed by atoms with Crippen molar-refractivity contribution in [1.29, 1.82) is 0 Å². The Hall–Kier alpha value is -2.93. The van der Waals surface area contributed by atoms with Gasteiger partial charge in [0.1, 0.15) is 11.6 Å². The normalized spacial score (nSPS) is 21.4. The van der Waals surface area contributed by atoms with Gasteiger partial charge in [-0.25, -0.2) is 9.18 Å². The molecule has 1 unspecified atom stereocenters. The zero-order valence-corrected chi connectivity index (χ0v) is 19.7. The highest BCUT2D eigenvalue weighted by Crippen LogP contribution is 2.48. The molecule has 0 radical (unpaired) electrons. The minimum atomic E-state index is -0.726. The summed E-state index contributed by atoms with van der Waals surface area (Å²) in [6, 6.07) is 8.50. The molecule has 2 aromatic rings. The fraction of sp³-hybridized carbons (Fsp3) is 0.400. The van der Waals surface area contributed by atoms with Crippen molar-refractivity contribution < 1.29 is 23.5 Å². The highest BCUT2D eigenvalue weighted by atomic mass is 35.5. The van der Waals surface area contributed by atoms with Crippen LogP contribution in [0, 0.1) is 11.7 Å². The molecule has 1 aliphatic carbocycles. The number of nitrogens with one attached hydrogen (secondary N) is 1. The third-order valence-corrected chi connectivity index (χ3v) is 6.26. The van der Waals surface area contributed by atoms with Crippen molar-refractivity contribution in [1.82, 2.24) is 4.90 Å². The molecule has 1 heterocycles. The van der Waals surface area contributed by atoms with Crippen LogP contribution in [0.25, 0.3) is 11.1 Å². The number of ketones is 1. The lowest BCUT2D eigenvalue weighted by Gasteiger charge is -2.30. The summed E-state index contributed by atoms with van der Waals surface area (Å²) < 4.78 is 20.9. The summed E-state index contributed by atoms with van der Waals surface area (Å²) in [6.45, 7) is 6.73. The number of amides is 2. The average Bonchev–Trinajstić information content (AvgIpc) is 3.37. The fourth-order valence-corrected chi connectivity index (χ4v) is 4.49. The van der Waals surface area contributed by atoms with E-state index in [4.69, 9.17) is 16.3 Å². The molecular weight excluding hydrogens is 447 g/mol. The molecule has 0 aromatic heterocycles. The fourth-order valence-electron chi connectivity index (χ4n) is 4.27. The van der Waals surface area contributed by atoms with Gasteiger partial charge in [0.25, 0.3) is 0 Å². The number of fused-ring (bicyclic) bond motifs is 1. The number of anilines is 1. The molecule has 2 aromatic carbocycles. The van der Waals surface area contributed by atoms with E-state index in [2.05, 4.69) is 5.32 Å². The number of carbonyl (C=O) groups excluding carboxylic acids is 3. The number of Topliss-reactive ketones (excluding diaryl/α,β-unsaturated/α-hetero) is 1. The molecule has 8 heteroatoms. The third kappa shape index (κ3) is 4.74. The minimum Gasteiger partial charge on any atom is -0.444 e. The molecule has 1 aliphatic heterocycles. The Balaban J connectivity index is 1.58. The first-order chi connectivity index (χ1) is 15.5. The number of benzene rings is 2. The Morgan fingerprint density at radius 3 is 2.52 bits per heavy atom. The van der Waals surface area contributed by atoms with E-state index in [-0.39, 0.29) is 34.0 Å². The largest absolute Gasteiger partial charge is 0.444 e. The van der Waals surface area contributed by atoms with E-state index in [0.717, 1.165) is 6.42 Å². The molecule has 0 spiro atoms. The van der Waals surface area contributed by atoms with Crippen molar-refractivity contribution >= 4 is 35.1 Å². The lowest BCUT2D eigenvalue weighted by Crippen LogP contribution is -2.47. The molecular formula is C25H26ClFN2O4. The van der Waals surface area contributed by atoms with Gasteiger partial charge in [-0.2, -0.15) is 0 Å². The Morgan fingerprint density at radius 2 is 1.85 bits per heavy atom. The van der Waals surface area contributed by atoms with Gasteiger partial charge in [0, 0.05) is 27.8 Å². The Kier molecular flexibility index (Phi) is 5.95. The van der Waals surface area contributed by atoms with Crippen molar-refractivity contribution in [3.05, 3.63) is 52.8 Å². The van der Waals surface area contributed by atoms with E-state index in [1.165, 1.54) is 30.0 Å². The van der Waals surface area contributed by atoms with Gasteiger partial charge >= 0.3 is 6.09 Å². The highest BCUT2D eigenvalue weighted by Gasteiger charge is 2.57. The average molecular weight is 473 g/mol. The number of halogens is 2. The summed E-state index contributed by atoms with van der Waals surface area (Å²) in [5, 5.41) is 2.92. The maximum Gasteiger partial charge on any atom is 0.411 e. The first-order valence-corrected chi connectivity index (χ1v) is 11.3. The van der Waals surface area contributed by atoms with E-state index < -0.39 is 29.5 Å². The number of piperidine rings is 1. The molecule has 1 N–H and O–H groups in total. The van der Waals surface area contributed by atoms with Crippen molar-refractivity contribution in [3.8, 4) is 11.1 Å². The van der Waals surface area contributed by atoms with Gasteiger partial charge < -0.3 is 10.1 Å². The zero-order chi connectivity index (χ0) is 24.1. The van der Waals surface area contributed by atoms with Gasteiger partial charge in [-0.3, -0.25) is 14.5 Å². The summed E-state index contributed by atoms with van der Waals surface area (Å²) in [5.41, 5.74) is 0.224. The summed E-state index contributed by atoms with van der Waals surface area (Å²) in [6.07, 6.45) is 0.830. The number of carbonyl (C=O) groups is 3. The van der Waals surface area contributed by atoms with E-state index in [0.29, 0.717) is 17.5 Å². The predicted molar refractivity (Wildman–Crippen MR) is 124 cm³/mol. The van der Waals surface area contributed by atoms with Crippen LogP contribution in [0.3, 0.4) is 0 Å². The number of rotatable bonds is 4. The molecule has 3 atom stereocenters. The standard InChI is InChI=1S/C25H26ClFN2O4/c1-13(30)14-8-9-18(26)17(10-14)16-6-5-7-19(22(16)27)28-23(31)21-12-15-11-20(15)29(21)24(32)33-25(2,3)4/h5-10,15,20-21H,11-12H2,1-4H3,(H,28,31)/t15-,20?,21+/m1/s1. The summed E-state index contributed by atoms with van der Waals surface area (Å²) >= 11 is 6.27. The van der Waals surface area contributed by atoms with Crippen LogP contribution in [-0.2, 0) is 9.53 Å². The summed E-state index contributed by atoms with van der Waals surface area (Å²) in [7, 11) is 0. The zero-order valence-electron chi connectivity index (χ0n) is 18.9. The van der Waals surface area contributed by atoms with Crippen molar-refractivity contribution in [2.45, 2.75) is 58.2 Å². The molecule has 6 nitrogen and oxygen atoms in total. The Labute approximate surface area is 197 Å². The molecule has 33 heavy (non-hydrogen) atoms. The highest BCUT2D eigenvalue weighted by molar-refractivity contribution is 6.33. The predicted octanol–water partition coefficient (Wildman–Crippen LogP) is 5.69. The van der Waals surface area contributed by atoms with Crippen molar-refractivity contribution in [2.75, 3.05) is 5.32 Å². The lowest BCUT2D eigenvalue weighted by molar-refractivity contribution is -0.121. The second kappa shape index (κ2) is 8.45. The van der Waals surface area contributed by atoms with Crippen LogP contribution in [-0.4, -0.2) is 40.4 Å². The van der Waals surface area contributed by atoms with Crippen LogP contribution >= 0.6 is 11.6 Å². The van der Waals surface area contributed by atoms with E-state index in [1.54, 1.807) is 39.0 Å². The summed E-state index contributed by atoms with van der Waals surface area (Å²) in [4.78, 5) is 39.0. The first kappa shape index (κ1) is 23.2. The number of nitrogens with zero attached hydrogens (tertiary/aromatic N) is 1. The van der Waals surface area contributed by atoms with Crippen LogP contribution < -0.4 is 5.32 Å². The van der Waals surface area contributed by atoms with Crippen LogP contribution in [0.5, 0.6) is 0 Å². The number of hydrogen-bond acceptors (Lipinski definition) is 4. The SMILES string of the molecule is CC(=O)c1ccc(Cl)c(-c2cccc(NC(=O)[C@@H]3C[C@H]4CC4N3C(=O)OC(C)(C)C)c2F)c1. The second-order valence-electron chi connectivity index (χ2n) is 9.61. The van der Waals surface area contributed by atoms with Crippen LogP contribution in [0.4, 0.5) is 14.9 Å². The van der Waals surface area contributed by atoms with Gasteiger partial charge in [0.15, 0.2) is 11.6 Å². The number of ether oxygens (including phenoxy) is 1. The quantitative estimate of drug-likeness (QED) is 0.580. The molecule has 2 fully saturated rings. The van der Waals surface area contributed by atoms with Gasteiger partial charge in [-0.1, -0.05) is 23.7 Å². The second-order valence-corrected chi connectivity index (χ2v) is 10.0. The number of hydrogen-bond donors (Lipinski definition) is 1. The molecule has 0 bridgehead atoms. The number of likely N-dealkylation sites (tertiary alicyclic amines) is 1. The third-order valence-electron chi connectivity index (χ3n) is 5.93. The lowest BCUT2D eigenvalue weighted by atomic mass is 10.00. The summed E-state index contributed by atoms with van der Waals surface area (Å²) in [5.74, 6) is -1.04. The Morgan fingerprint density at radius 1 is 1.12 bits per heavy atom. The molecule has 1 saturated carbocycles. The van der Waals surface area contributed by atoms with E-state index in [1.807, 2.05) is 0 Å². The van der Waals surface area contributed by atoms with Crippen LogP contribution in [0.1, 0.15) is 50.9 Å². The van der Waals surface area contributed by atoms with Gasteiger partial charge in [0.05, 0.1) is 5.69 Å². The molecule has 2 amide bonds. The molecule has 174 valence electrons. The van der Waals surface area contributed by atoms with Gasteiger partial charge in [-0.05, 0) is 70.7 Å². The Bertz CT molecular complexity index is 1140. The van der Waals surface area contributed by atoms with E-state index >= 15 is 4.39 Å². The maximum atomic E-state index is 15.4. The minimum absolute atomic E-state index is 0.0140.